The van der Waals surface area contributed by atoms with Gasteiger partial charge in [-0.25, -0.2) is 4.98 Å². The Morgan fingerprint density at radius 3 is 1.87 bits per heavy atom. The number of hydrogen-bond donors (Lipinski definition) is 13. The van der Waals surface area contributed by atoms with Gasteiger partial charge in [0, 0.05) is 37.7 Å². The van der Waals surface area contributed by atoms with Crippen molar-refractivity contribution >= 4 is 71.1 Å². The number of H-pyrrole nitrogens is 1. The second kappa shape index (κ2) is 27.9. The van der Waals surface area contributed by atoms with Gasteiger partial charge in [-0.2, -0.15) is 0 Å². The number of carbonyl (C=O) groups excluding carboxylic acids is 9. The van der Waals surface area contributed by atoms with E-state index in [0.29, 0.717) is 11.3 Å². The monoisotopic (exact) mass is 998 g/mol. The van der Waals surface area contributed by atoms with Crippen LogP contribution in [0.3, 0.4) is 0 Å². The van der Waals surface area contributed by atoms with Crippen molar-refractivity contribution in [2.45, 2.75) is 127 Å². The number of aromatic nitrogens is 2. The van der Waals surface area contributed by atoms with Gasteiger partial charge in [-0.05, 0) is 44.1 Å². The van der Waals surface area contributed by atoms with Crippen molar-refractivity contribution in [1.29, 1.82) is 0 Å². The highest BCUT2D eigenvalue weighted by atomic mass is 16.4. The molecule has 2 heterocycles. The third-order valence-corrected chi connectivity index (χ3v) is 10.9. The van der Waals surface area contributed by atoms with Crippen LogP contribution >= 0.6 is 0 Å². The highest BCUT2D eigenvalue weighted by Gasteiger charge is 2.41. The molecule has 1 saturated heterocycles. The Morgan fingerprint density at radius 1 is 0.704 bits per heavy atom. The molecule has 71 heavy (non-hydrogen) atoms. The lowest BCUT2D eigenvalue weighted by molar-refractivity contribution is -0.146. The first-order valence-electron chi connectivity index (χ1n) is 22.6. The predicted octanol–water partition coefficient (Wildman–Crippen LogP) is -4.10. The SMILES string of the molecule is CC(C)C[C@H](NC(=O)[C@H](CCC(N)=O)NC(=O)[C@H](Cc1cnc[nH]1)NC(=O)[C@@H](N)CC(=O)O)C(=O)N[C@@H](CC(=O)O)C(=O)N1CCC[C@H]1C(=O)N[C@@H](C)C(=O)N[C@@H](Cc1ccccc1)C(=O)NCC(=O)O. The summed E-state index contributed by atoms with van der Waals surface area (Å²) in [6.45, 7) is 3.89. The van der Waals surface area contributed by atoms with Gasteiger partial charge in [-0.1, -0.05) is 44.2 Å². The molecule has 27 nitrogen and oxygen atoms in total. The number of imidazole rings is 1. The van der Waals surface area contributed by atoms with Crippen molar-refractivity contribution < 1.29 is 72.9 Å². The molecule has 1 fully saturated rings. The quantitative estimate of drug-likeness (QED) is 0.0368. The number of likely N-dealkylation sites (tertiary alicyclic amines) is 1. The Balaban J connectivity index is 1.79. The molecule has 15 N–H and O–H groups in total. The van der Waals surface area contributed by atoms with E-state index in [0.717, 1.165) is 4.90 Å². The first-order valence-corrected chi connectivity index (χ1v) is 22.6. The van der Waals surface area contributed by atoms with Crippen LogP contribution in [0.4, 0.5) is 0 Å². The van der Waals surface area contributed by atoms with Gasteiger partial charge < -0.3 is 73.9 Å². The smallest absolute Gasteiger partial charge is 0.322 e. The van der Waals surface area contributed by atoms with E-state index < -0.39 is 152 Å². The van der Waals surface area contributed by atoms with Gasteiger partial charge >= 0.3 is 17.9 Å². The number of nitrogens with zero attached hydrogens (tertiary/aromatic N) is 2. The van der Waals surface area contributed by atoms with E-state index in [2.05, 4.69) is 47.2 Å². The average Bonchev–Trinajstić information content (AvgIpc) is 4.01. The number of nitrogens with one attached hydrogen (secondary N) is 8. The van der Waals surface area contributed by atoms with Gasteiger partial charge in [0.05, 0.1) is 25.2 Å². The standard InChI is InChI=1S/C44H62N12O15/c1-22(2)14-28(54-40(67)27(11-12-33(46)57)51-42(69)30(16-25-19-47-21-49-25)53-38(65)26(45)17-34(58)59)41(68)55-31(18-35(60)61)44(71)56-13-7-10-32(56)43(70)50-23(3)37(64)52-29(39(66)48-20-36(62)63)15-24-8-5-4-6-9-24/h4-6,8-9,19,21-23,26-32H,7,10-18,20,45H2,1-3H3,(H2,46,57)(H,47,49)(H,48,66)(H,50,70)(H,51,69)(H,52,64)(H,53,65)(H,54,67)(H,55,68)(H,58,59)(H,60,61)(H,62,63)/t23-,26-,27-,28-,29-,30-,31-,32-/m0/s1. The maximum absolute atomic E-state index is 14.1. The number of amides is 9. The maximum Gasteiger partial charge on any atom is 0.322 e. The minimum Gasteiger partial charge on any atom is -0.481 e. The van der Waals surface area contributed by atoms with Crippen molar-refractivity contribution in [3.8, 4) is 0 Å². The van der Waals surface area contributed by atoms with Gasteiger partial charge in [0.15, 0.2) is 0 Å². The topological polar surface area (TPSA) is 434 Å². The summed E-state index contributed by atoms with van der Waals surface area (Å²) >= 11 is 0. The number of benzene rings is 1. The molecule has 1 aliphatic heterocycles. The van der Waals surface area contributed by atoms with Crippen molar-refractivity contribution in [1.82, 2.24) is 52.1 Å². The molecule has 8 atom stereocenters. The molecule has 0 spiro atoms. The lowest BCUT2D eigenvalue weighted by atomic mass is 10.0. The zero-order valence-corrected chi connectivity index (χ0v) is 39.3. The van der Waals surface area contributed by atoms with Crippen molar-refractivity contribution in [2.24, 2.45) is 17.4 Å². The number of hydrogen-bond acceptors (Lipinski definition) is 14. The second-order valence-corrected chi connectivity index (χ2v) is 17.2. The number of aromatic amines is 1. The number of aliphatic carboxylic acids is 3. The van der Waals surface area contributed by atoms with E-state index in [4.69, 9.17) is 21.7 Å². The minimum atomic E-state index is -1.80. The first kappa shape index (κ1) is 57.3. The predicted molar refractivity (Wildman–Crippen MR) is 245 cm³/mol. The lowest BCUT2D eigenvalue weighted by Gasteiger charge is -2.30. The molecule has 0 unspecified atom stereocenters. The molecular weight excluding hydrogens is 937 g/mol. The third-order valence-electron chi connectivity index (χ3n) is 10.9. The van der Waals surface area contributed by atoms with E-state index >= 15 is 0 Å². The number of rotatable bonds is 29. The maximum atomic E-state index is 14.1. The minimum absolute atomic E-state index is 0.0300. The van der Waals surface area contributed by atoms with Crippen LogP contribution in [-0.2, 0) is 70.4 Å². The van der Waals surface area contributed by atoms with Crippen LogP contribution in [0.2, 0.25) is 0 Å². The lowest BCUT2D eigenvalue weighted by Crippen LogP contribution is -2.60. The molecule has 388 valence electrons. The molecule has 0 bridgehead atoms. The zero-order chi connectivity index (χ0) is 52.9. The Bertz CT molecular complexity index is 2240. The van der Waals surface area contributed by atoms with E-state index in [1.54, 1.807) is 44.2 Å². The summed E-state index contributed by atoms with van der Waals surface area (Å²) in [5.74, 6) is -13.0. The Hall–Kier alpha value is -7.97. The molecule has 2 aromatic rings. The van der Waals surface area contributed by atoms with Gasteiger partial charge in [0.25, 0.3) is 0 Å². The van der Waals surface area contributed by atoms with Crippen LogP contribution < -0.4 is 48.7 Å². The zero-order valence-electron chi connectivity index (χ0n) is 39.3. The molecule has 1 aliphatic rings. The molecule has 1 aromatic heterocycles. The number of carboxylic acid groups (broad SMARTS) is 3. The Labute approximate surface area is 406 Å². The highest BCUT2D eigenvalue weighted by molar-refractivity contribution is 5.99. The third kappa shape index (κ3) is 19.5. The summed E-state index contributed by atoms with van der Waals surface area (Å²) in [5.41, 5.74) is 12.0. The Morgan fingerprint density at radius 2 is 1.28 bits per heavy atom. The van der Waals surface area contributed by atoms with Gasteiger partial charge in [-0.3, -0.25) is 57.5 Å². The molecular formula is C44H62N12O15. The summed E-state index contributed by atoms with van der Waals surface area (Å²) in [6, 6.07) is -3.24. The van der Waals surface area contributed by atoms with Crippen LogP contribution in [-0.4, -0.2) is 163 Å². The molecule has 1 aromatic carbocycles. The van der Waals surface area contributed by atoms with E-state index in [1.807, 2.05) is 0 Å². The van der Waals surface area contributed by atoms with Crippen LogP contribution in [0.15, 0.2) is 42.9 Å². The van der Waals surface area contributed by atoms with E-state index in [1.165, 1.54) is 19.4 Å². The summed E-state index contributed by atoms with van der Waals surface area (Å²) in [5, 5.41) is 44.8. The number of carbonyl (C=O) groups is 12. The van der Waals surface area contributed by atoms with Crippen LogP contribution in [0.5, 0.6) is 0 Å². The van der Waals surface area contributed by atoms with Crippen molar-refractivity contribution in [3.63, 3.8) is 0 Å². The highest BCUT2D eigenvalue weighted by Crippen LogP contribution is 2.20. The largest absolute Gasteiger partial charge is 0.481 e. The molecule has 0 aliphatic carbocycles. The average molecular weight is 999 g/mol. The summed E-state index contributed by atoms with van der Waals surface area (Å²) in [4.78, 5) is 162. The second-order valence-electron chi connectivity index (χ2n) is 17.2. The number of carboxylic acids is 3. The fourth-order valence-electron chi connectivity index (χ4n) is 7.36. The van der Waals surface area contributed by atoms with E-state index in [9.17, 15) is 62.6 Å². The first-order chi connectivity index (χ1) is 33.4. The van der Waals surface area contributed by atoms with Crippen molar-refractivity contribution in [3.05, 3.63) is 54.1 Å². The number of nitrogens with two attached hydrogens (primary N) is 2. The summed E-state index contributed by atoms with van der Waals surface area (Å²) in [6.07, 6.45) is -0.0587. The fraction of sp³-hybridized carbons (Fsp3) is 0.523. The molecule has 3 rings (SSSR count). The molecule has 0 saturated carbocycles. The van der Waals surface area contributed by atoms with Crippen molar-refractivity contribution in [2.75, 3.05) is 13.1 Å². The van der Waals surface area contributed by atoms with Gasteiger partial charge in [0.2, 0.25) is 53.2 Å². The van der Waals surface area contributed by atoms with Gasteiger partial charge in [0.1, 0.15) is 48.8 Å². The van der Waals surface area contributed by atoms with Crippen LogP contribution in [0, 0.1) is 5.92 Å². The van der Waals surface area contributed by atoms with Crippen LogP contribution in [0.1, 0.15) is 77.0 Å². The Kier molecular flexibility index (Phi) is 22.5. The summed E-state index contributed by atoms with van der Waals surface area (Å²) in [7, 11) is 0. The fourth-order valence-corrected chi connectivity index (χ4v) is 7.36. The normalized spacial score (nSPS) is 16.1. The van der Waals surface area contributed by atoms with E-state index in [-0.39, 0.29) is 44.6 Å². The summed E-state index contributed by atoms with van der Waals surface area (Å²) < 4.78 is 0. The van der Waals surface area contributed by atoms with Gasteiger partial charge in [-0.15, -0.1) is 0 Å². The number of primary amides is 1. The van der Waals surface area contributed by atoms with Crippen LogP contribution in [0.25, 0.3) is 0 Å². The molecule has 0 radical (unpaired) electrons. The molecule has 9 amide bonds. The molecule has 27 heteroatoms.